The minimum atomic E-state index is -0.234. The van der Waals surface area contributed by atoms with Crippen LogP contribution >= 0.6 is 11.3 Å². The van der Waals surface area contributed by atoms with Crippen LogP contribution in [0.5, 0.6) is 0 Å². The van der Waals surface area contributed by atoms with E-state index < -0.39 is 0 Å². The van der Waals surface area contributed by atoms with E-state index >= 15 is 0 Å². The van der Waals surface area contributed by atoms with Crippen LogP contribution in [0.3, 0.4) is 0 Å². The van der Waals surface area contributed by atoms with Gasteiger partial charge in [0.15, 0.2) is 0 Å². The number of anilines is 1. The first-order valence-electron chi connectivity index (χ1n) is 6.36. The van der Waals surface area contributed by atoms with Crippen LogP contribution in [0.4, 0.5) is 10.1 Å². The average Bonchev–Trinajstić information content (AvgIpc) is 2.88. The first-order valence-corrected chi connectivity index (χ1v) is 7.24. The van der Waals surface area contributed by atoms with Gasteiger partial charge in [-0.15, -0.1) is 11.3 Å². The number of halogens is 1. The summed E-state index contributed by atoms with van der Waals surface area (Å²) in [4.78, 5) is 3.49. The number of hydrogen-bond donors (Lipinski definition) is 1. The van der Waals surface area contributed by atoms with Crippen LogP contribution < -0.4 is 10.6 Å². The van der Waals surface area contributed by atoms with Crippen molar-refractivity contribution in [1.82, 2.24) is 0 Å². The molecule has 0 bridgehead atoms. The maximum absolute atomic E-state index is 13.3. The fourth-order valence-corrected chi connectivity index (χ4v) is 2.79. The minimum Gasteiger partial charge on any atom is -0.374 e. The van der Waals surface area contributed by atoms with Crippen molar-refractivity contribution in [3.63, 3.8) is 0 Å². The van der Waals surface area contributed by atoms with Gasteiger partial charge in [-0.2, -0.15) is 0 Å². The molecule has 2 nitrogen and oxygen atoms in total. The summed E-state index contributed by atoms with van der Waals surface area (Å²) in [5.41, 5.74) is 7.78. The second-order valence-corrected chi connectivity index (χ2v) is 5.77. The maximum atomic E-state index is 13.3. The van der Waals surface area contributed by atoms with E-state index in [1.165, 1.54) is 17.0 Å². The summed E-state index contributed by atoms with van der Waals surface area (Å²) in [7, 11) is 2.02. The molecule has 0 unspecified atom stereocenters. The third-order valence-corrected chi connectivity index (χ3v) is 4.10. The second-order valence-electron chi connectivity index (χ2n) is 4.74. The fraction of sp³-hybridized carbons (Fsp3) is 0.333. The third kappa shape index (κ3) is 3.55. The molecule has 4 heteroatoms. The molecule has 0 aliphatic rings. The number of rotatable bonds is 5. The molecule has 0 saturated heterocycles. The standard InChI is InChI=1S/C15H19FN2S/c1-11(17)14-10-12(16)5-6-15(14)18(2)8-7-13-4-3-9-19-13/h3-6,9-11H,7-8,17H2,1-2H3/t11-/m0/s1. The summed E-state index contributed by atoms with van der Waals surface area (Å²) < 4.78 is 13.3. The molecule has 2 N–H and O–H groups in total. The molecule has 1 atom stereocenters. The zero-order valence-electron chi connectivity index (χ0n) is 11.3. The highest BCUT2D eigenvalue weighted by Gasteiger charge is 2.12. The fourth-order valence-electron chi connectivity index (χ4n) is 2.09. The van der Waals surface area contributed by atoms with E-state index in [1.54, 1.807) is 11.3 Å². The van der Waals surface area contributed by atoms with Crippen molar-refractivity contribution in [2.24, 2.45) is 5.73 Å². The first-order chi connectivity index (χ1) is 9.08. The van der Waals surface area contributed by atoms with E-state index in [-0.39, 0.29) is 11.9 Å². The lowest BCUT2D eigenvalue weighted by atomic mass is 10.1. The van der Waals surface area contributed by atoms with Gasteiger partial charge in [0.1, 0.15) is 5.82 Å². The average molecular weight is 278 g/mol. The van der Waals surface area contributed by atoms with Gasteiger partial charge in [0.25, 0.3) is 0 Å². The molecule has 1 aromatic heterocycles. The Morgan fingerprint density at radius 1 is 1.37 bits per heavy atom. The number of likely N-dealkylation sites (N-methyl/N-ethyl adjacent to an activating group) is 1. The Labute approximate surface area is 117 Å². The van der Waals surface area contributed by atoms with Crippen molar-refractivity contribution in [2.75, 3.05) is 18.5 Å². The van der Waals surface area contributed by atoms with E-state index in [4.69, 9.17) is 5.73 Å². The lowest BCUT2D eigenvalue weighted by Gasteiger charge is -2.24. The van der Waals surface area contributed by atoms with Crippen LogP contribution in [0.25, 0.3) is 0 Å². The largest absolute Gasteiger partial charge is 0.374 e. The highest BCUT2D eigenvalue weighted by molar-refractivity contribution is 7.09. The maximum Gasteiger partial charge on any atom is 0.123 e. The van der Waals surface area contributed by atoms with Crippen LogP contribution in [-0.2, 0) is 6.42 Å². The van der Waals surface area contributed by atoms with Crippen LogP contribution in [0.2, 0.25) is 0 Å². The predicted octanol–water partition coefficient (Wildman–Crippen LogP) is 3.59. The van der Waals surface area contributed by atoms with Gasteiger partial charge in [0.05, 0.1) is 0 Å². The van der Waals surface area contributed by atoms with Crippen LogP contribution in [0, 0.1) is 5.82 Å². The van der Waals surface area contributed by atoms with Gasteiger partial charge in [-0.1, -0.05) is 6.07 Å². The van der Waals surface area contributed by atoms with Gasteiger partial charge in [-0.25, -0.2) is 4.39 Å². The Balaban J connectivity index is 2.12. The van der Waals surface area contributed by atoms with Crippen LogP contribution in [0.1, 0.15) is 23.4 Å². The molecular weight excluding hydrogens is 259 g/mol. The van der Waals surface area contributed by atoms with Gasteiger partial charge < -0.3 is 10.6 Å². The number of benzene rings is 1. The van der Waals surface area contributed by atoms with Crippen molar-refractivity contribution in [3.8, 4) is 0 Å². The normalized spacial score (nSPS) is 12.4. The Kier molecular flexibility index (Phi) is 4.56. The summed E-state index contributed by atoms with van der Waals surface area (Å²) in [6.07, 6.45) is 0.990. The minimum absolute atomic E-state index is 0.171. The monoisotopic (exact) mass is 278 g/mol. The summed E-state index contributed by atoms with van der Waals surface area (Å²) in [5, 5.41) is 2.08. The smallest absolute Gasteiger partial charge is 0.123 e. The number of nitrogens with two attached hydrogens (primary N) is 1. The van der Waals surface area contributed by atoms with E-state index in [9.17, 15) is 4.39 Å². The molecule has 0 aliphatic carbocycles. The van der Waals surface area contributed by atoms with E-state index in [0.29, 0.717) is 0 Å². The van der Waals surface area contributed by atoms with Crippen molar-refractivity contribution < 1.29 is 4.39 Å². The molecule has 0 fully saturated rings. The molecule has 0 spiro atoms. The summed E-state index contributed by atoms with van der Waals surface area (Å²) in [6, 6.07) is 8.85. The molecule has 0 radical (unpaired) electrons. The van der Waals surface area contributed by atoms with E-state index in [2.05, 4.69) is 22.4 Å². The zero-order chi connectivity index (χ0) is 13.8. The molecule has 1 aromatic carbocycles. The molecule has 102 valence electrons. The van der Waals surface area contributed by atoms with Gasteiger partial charge >= 0.3 is 0 Å². The van der Waals surface area contributed by atoms with Crippen molar-refractivity contribution in [2.45, 2.75) is 19.4 Å². The molecular formula is C15H19FN2S. The third-order valence-electron chi connectivity index (χ3n) is 3.17. The molecule has 2 rings (SSSR count). The molecule has 0 aliphatic heterocycles. The van der Waals surface area contributed by atoms with Crippen molar-refractivity contribution >= 4 is 17.0 Å². The molecule has 1 heterocycles. The quantitative estimate of drug-likeness (QED) is 0.905. The Bertz CT molecular complexity index is 523. The lowest BCUT2D eigenvalue weighted by molar-refractivity contribution is 0.622. The molecule has 0 saturated carbocycles. The topological polar surface area (TPSA) is 29.3 Å². The van der Waals surface area contributed by atoms with E-state index in [1.807, 2.05) is 20.0 Å². The molecule has 2 aromatic rings. The highest BCUT2D eigenvalue weighted by atomic mass is 32.1. The first kappa shape index (κ1) is 14.0. The Morgan fingerprint density at radius 2 is 2.16 bits per heavy atom. The Hall–Kier alpha value is -1.39. The van der Waals surface area contributed by atoms with Crippen LogP contribution in [0.15, 0.2) is 35.7 Å². The lowest BCUT2D eigenvalue weighted by Crippen LogP contribution is -2.23. The summed E-state index contributed by atoms with van der Waals surface area (Å²) in [5.74, 6) is -0.234. The number of hydrogen-bond acceptors (Lipinski definition) is 3. The Morgan fingerprint density at radius 3 is 2.79 bits per heavy atom. The van der Waals surface area contributed by atoms with Gasteiger partial charge in [0, 0.05) is 30.2 Å². The van der Waals surface area contributed by atoms with Crippen molar-refractivity contribution in [3.05, 3.63) is 52.0 Å². The van der Waals surface area contributed by atoms with Gasteiger partial charge in [-0.05, 0) is 48.6 Å². The van der Waals surface area contributed by atoms with Crippen molar-refractivity contribution in [1.29, 1.82) is 0 Å². The molecule has 0 amide bonds. The highest BCUT2D eigenvalue weighted by Crippen LogP contribution is 2.25. The summed E-state index contributed by atoms with van der Waals surface area (Å²) >= 11 is 1.76. The van der Waals surface area contributed by atoms with Gasteiger partial charge in [-0.3, -0.25) is 0 Å². The molecule has 19 heavy (non-hydrogen) atoms. The SMILES string of the molecule is C[C@H](N)c1cc(F)ccc1N(C)CCc1cccs1. The summed E-state index contributed by atoms with van der Waals surface area (Å²) in [6.45, 7) is 2.78. The second kappa shape index (κ2) is 6.17. The van der Waals surface area contributed by atoms with Gasteiger partial charge in [0.2, 0.25) is 0 Å². The van der Waals surface area contributed by atoms with E-state index in [0.717, 1.165) is 24.2 Å². The van der Waals surface area contributed by atoms with Crippen LogP contribution in [-0.4, -0.2) is 13.6 Å². The number of thiophene rings is 1. The predicted molar refractivity (Wildman–Crippen MR) is 80.3 cm³/mol. The number of nitrogens with zero attached hydrogens (tertiary/aromatic N) is 1. The zero-order valence-corrected chi connectivity index (χ0v) is 12.1.